The third-order valence-corrected chi connectivity index (χ3v) is 7.95. The zero-order valence-electron chi connectivity index (χ0n) is 23.5. The maximum absolute atomic E-state index is 13.6. The molecule has 8 nitrogen and oxygen atoms in total. The van der Waals surface area contributed by atoms with Gasteiger partial charge in [0, 0.05) is 24.4 Å². The van der Waals surface area contributed by atoms with E-state index in [-0.39, 0.29) is 30.3 Å². The number of amides is 3. The molecule has 1 saturated heterocycles. The second-order valence-corrected chi connectivity index (χ2v) is 10.7. The number of thiophene rings is 1. The van der Waals surface area contributed by atoms with Gasteiger partial charge in [0.2, 0.25) is 0 Å². The number of ether oxygens (including phenoxy) is 1. The third-order valence-electron chi connectivity index (χ3n) is 6.95. The van der Waals surface area contributed by atoms with Gasteiger partial charge >= 0.3 is 12.0 Å². The van der Waals surface area contributed by atoms with Crippen LogP contribution in [0.1, 0.15) is 77.4 Å². The van der Waals surface area contributed by atoms with Crippen LogP contribution in [-0.2, 0) is 29.0 Å². The summed E-state index contributed by atoms with van der Waals surface area (Å²) in [4.78, 5) is 47.6. The molecule has 1 fully saturated rings. The number of imidazole rings is 1. The molecule has 40 heavy (non-hydrogen) atoms. The molecular formula is C30H37ClN4O4S. The van der Waals surface area contributed by atoms with Crippen LogP contribution in [-0.4, -0.2) is 50.9 Å². The number of urea groups is 1. The predicted molar refractivity (Wildman–Crippen MR) is 160 cm³/mol. The summed E-state index contributed by atoms with van der Waals surface area (Å²) in [5, 5.41) is 2.01. The Morgan fingerprint density at radius 1 is 1.02 bits per heavy atom. The Morgan fingerprint density at radius 3 is 2.38 bits per heavy atom. The van der Waals surface area contributed by atoms with Gasteiger partial charge < -0.3 is 9.30 Å². The molecule has 0 N–H and O–H groups in total. The number of benzene rings is 1. The van der Waals surface area contributed by atoms with E-state index >= 15 is 0 Å². The lowest BCUT2D eigenvalue weighted by Gasteiger charge is -2.17. The number of esters is 1. The Balaban J connectivity index is 0.00000441. The van der Waals surface area contributed by atoms with Crippen LogP contribution < -0.4 is 0 Å². The quantitative estimate of drug-likeness (QED) is 0.139. The van der Waals surface area contributed by atoms with Crippen molar-refractivity contribution in [3.63, 3.8) is 0 Å². The van der Waals surface area contributed by atoms with Crippen LogP contribution in [0.15, 0.2) is 47.6 Å². The summed E-state index contributed by atoms with van der Waals surface area (Å²) in [5.41, 5.74) is 3.71. The van der Waals surface area contributed by atoms with Gasteiger partial charge in [-0.15, -0.1) is 23.7 Å². The van der Waals surface area contributed by atoms with E-state index in [1.165, 1.54) is 12.0 Å². The molecule has 0 atom stereocenters. The molecule has 3 heterocycles. The van der Waals surface area contributed by atoms with Crippen molar-refractivity contribution >= 4 is 47.7 Å². The lowest BCUT2D eigenvalue weighted by atomic mass is 10.1. The van der Waals surface area contributed by atoms with E-state index in [2.05, 4.69) is 11.5 Å². The van der Waals surface area contributed by atoms with E-state index in [4.69, 9.17) is 9.72 Å². The van der Waals surface area contributed by atoms with Gasteiger partial charge in [0.05, 0.1) is 31.1 Å². The average molecular weight is 585 g/mol. The van der Waals surface area contributed by atoms with Crippen molar-refractivity contribution in [2.45, 2.75) is 66.0 Å². The molecule has 0 spiro atoms. The Labute approximate surface area is 246 Å². The fourth-order valence-electron chi connectivity index (χ4n) is 4.55. The number of carbonyl (C=O) groups is 3. The topological polar surface area (TPSA) is 84.7 Å². The first-order chi connectivity index (χ1) is 18.9. The molecular weight excluding hydrogens is 548 g/mol. The van der Waals surface area contributed by atoms with E-state index in [1.54, 1.807) is 40.6 Å². The summed E-state index contributed by atoms with van der Waals surface area (Å²) < 4.78 is 6.91. The largest absolute Gasteiger partial charge is 0.465 e. The highest BCUT2D eigenvalue weighted by Gasteiger charge is 2.41. The maximum atomic E-state index is 13.6. The number of unbranched alkanes of at least 4 members (excludes halogenated alkanes) is 2. The number of methoxy groups -OCH3 is 1. The normalized spacial score (nSPS) is 14.2. The predicted octanol–water partition coefficient (Wildman–Crippen LogP) is 6.46. The summed E-state index contributed by atoms with van der Waals surface area (Å²) >= 11 is 1.59. The van der Waals surface area contributed by atoms with E-state index in [9.17, 15) is 14.4 Å². The van der Waals surface area contributed by atoms with Crippen LogP contribution in [0.25, 0.3) is 6.08 Å². The molecule has 2 aromatic heterocycles. The molecule has 3 aromatic rings. The standard InChI is InChI=1S/C30H36N4O4S.ClH/c1-5-7-9-27-31-18-24(33(27)19-22-10-12-23(13-11-22)29(36)38-4)17-25-28(35)32(15-8-6-2)30(37)34(25)20-26-21(3)14-16-39-26;/h10-14,16-18H,5-9,15,19-20H2,1-4H3;1H. The van der Waals surface area contributed by atoms with Crippen LogP contribution in [0.4, 0.5) is 4.79 Å². The van der Waals surface area contributed by atoms with Gasteiger partial charge in [-0.1, -0.05) is 38.8 Å². The summed E-state index contributed by atoms with van der Waals surface area (Å²) in [6, 6.07) is 9.05. The molecule has 1 aliphatic heterocycles. The first-order valence-corrected chi connectivity index (χ1v) is 14.4. The summed E-state index contributed by atoms with van der Waals surface area (Å²) in [6.07, 6.45) is 8.06. The fourth-order valence-corrected chi connectivity index (χ4v) is 5.45. The van der Waals surface area contributed by atoms with Crippen LogP contribution >= 0.6 is 23.7 Å². The molecule has 0 unspecified atom stereocenters. The lowest BCUT2D eigenvalue weighted by molar-refractivity contribution is -0.123. The number of carbonyl (C=O) groups excluding carboxylic acids is 3. The van der Waals surface area contributed by atoms with Gasteiger partial charge in [0.15, 0.2) is 0 Å². The molecule has 214 valence electrons. The summed E-state index contributed by atoms with van der Waals surface area (Å²) in [6.45, 7) is 7.48. The number of halogens is 1. The zero-order chi connectivity index (χ0) is 27.9. The minimum Gasteiger partial charge on any atom is -0.465 e. The van der Waals surface area contributed by atoms with Crippen molar-refractivity contribution in [2.75, 3.05) is 13.7 Å². The number of rotatable bonds is 12. The minimum absolute atomic E-state index is 0. The van der Waals surface area contributed by atoms with Crippen molar-refractivity contribution in [1.29, 1.82) is 0 Å². The van der Waals surface area contributed by atoms with Crippen LogP contribution in [0.2, 0.25) is 0 Å². The average Bonchev–Trinajstić information content (AvgIpc) is 3.59. The number of aromatic nitrogens is 2. The first-order valence-electron chi connectivity index (χ1n) is 13.5. The van der Waals surface area contributed by atoms with Crippen LogP contribution in [0.3, 0.4) is 0 Å². The summed E-state index contributed by atoms with van der Waals surface area (Å²) in [7, 11) is 1.36. The molecule has 0 saturated carbocycles. The van der Waals surface area contributed by atoms with Crippen molar-refractivity contribution in [1.82, 2.24) is 19.4 Å². The molecule has 0 aliphatic carbocycles. The van der Waals surface area contributed by atoms with Gasteiger partial charge in [0.1, 0.15) is 11.5 Å². The van der Waals surface area contributed by atoms with E-state index in [0.717, 1.165) is 59.6 Å². The fraction of sp³-hybridized carbons (Fsp3) is 0.400. The Hall–Kier alpha value is -3.43. The number of imide groups is 1. The molecule has 4 rings (SSSR count). The van der Waals surface area contributed by atoms with Gasteiger partial charge in [-0.05, 0) is 60.5 Å². The van der Waals surface area contributed by atoms with E-state index in [0.29, 0.717) is 30.9 Å². The highest BCUT2D eigenvalue weighted by Crippen LogP contribution is 2.29. The van der Waals surface area contributed by atoms with Gasteiger partial charge in [0.25, 0.3) is 5.91 Å². The van der Waals surface area contributed by atoms with Crippen molar-refractivity contribution in [3.05, 3.63) is 80.7 Å². The molecule has 0 bridgehead atoms. The monoisotopic (exact) mass is 584 g/mol. The van der Waals surface area contributed by atoms with Gasteiger partial charge in [-0.3, -0.25) is 14.6 Å². The number of nitrogens with zero attached hydrogens (tertiary/aromatic N) is 4. The summed E-state index contributed by atoms with van der Waals surface area (Å²) in [5.74, 6) is 0.269. The van der Waals surface area contributed by atoms with Crippen LogP contribution in [0, 0.1) is 6.92 Å². The maximum Gasteiger partial charge on any atom is 0.337 e. The smallest absolute Gasteiger partial charge is 0.337 e. The van der Waals surface area contributed by atoms with Gasteiger partial charge in [-0.2, -0.15) is 0 Å². The van der Waals surface area contributed by atoms with Gasteiger partial charge in [-0.25, -0.2) is 14.6 Å². The Morgan fingerprint density at radius 2 is 1.75 bits per heavy atom. The first kappa shape index (κ1) is 31.1. The second kappa shape index (κ2) is 14.3. The van der Waals surface area contributed by atoms with E-state index in [1.807, 2.05) is 37.4 Å². The molecule has 3 amide bonds. The number of aryl methyl sites for hydroxylation is 2. The van der Waals surface area contributed by atoms with Crippen molar-refractivity contribution < 1.29 is 19.1 Å². The minimum atomic E-state index is -0.378. The van der Waals surface area contributed by atoms with Crippen molar-refractivity contribution in [3.8, 4) is 0 Å². The number of hydrogen-bond acceptors (Lipinski definition) is 6. The highest BCUT2D eigenvalue weighted by atomic mass is 35.5. The van der Waals surface area contributed by atoms with Crippen molar-refractivity contribution in [2.24, 2.45) is 0 Å². The number of hydrogen-bond donors (Lipinski definition) is 0. The zero-order valence-corrected chi connectivity index (χ0v) is 25.1. The van der Waals surface area contributed by atoms with E-state index < -0.39 is 0 Å². The lowest BCUT2D eigenvalue weighted by Crippen LogP contribution is -2.33. The second-order valence-electron chi connectivity index (χ2n) is 9.71. The highest BCUT2D eigenvalue weighted by molar-refractivity contribution is 7.10. The molecule has 0 radical (unpaired) electrons. The van der Waals surface area contributed by atoms with Crippen LogP contribution in [0.5, 0.6) is 0 Å². The Kier molecular flexibility index (Phi) is 11.1. The molecule has 10 heteroatoms. The SMILES string of the molecule is CCCCc1ncc(C=C2C(=O)N(CCCC)C(=O)N2Cc2sccc2C)n1Cc1ccc(C(=O)OC)cc1.Cl. The molecule has 1 aromatic carbocycles. The Bertz CT molecular complexity index is 1360. The third kappa shape index (κ3) is 6.82. The molecule has 1 aliphatic rings.